The van der Waals surface area contributed by atoms with Gasteiger partial charge in [-0.05, 0) is 35.3 Å². The lowest BCUT2D eigenvalue weighted by Gasteiger charge is -2.12. The molecular weight excluding hydrogens is 260 g/mol. The summed E-state index contributed by atoms with van der Waals surface area (Å²) in [5.41, 5.74) is 0.603. The number of carbonyl (C=O) groups is 1. The number of amides is 1. The summed E-state index contributed by atoms with van der Waals surface area (Å²) in [6.07, 6.45) is 2.39. The molecule has 0 aliphatic heterocycles. The van der Waals surface area contributed by atoms with Crippen LogP contribution in [0, 0.1) is 0 Å². The van der Waals surface area contributed by atoms with Gasteiger partial charge in [0, 0.05) is 30.4 Å². The van der Waals surface area contributed by atoms with Crippen LogP contribution in [-0.2, 0) is 7.05 Å². The summed E-state index contributed by atoms with van der Waals surface area (Å²) in [7, 11) is 1.82. The van der Waals surface area contributed by atoms with Gasteiger partial charge in [0.25, 0.3) is 5.91 Å². The van der Waals surface area contributed by atoms with Gasteiger partial charge in [-0.15, -0.1) is 0 Å². The van der Waals surface area contributed by atoms with E-state index in [2.05, 4.69) is 21.2 Å². The van der Waals surface area contributed by atoms with Gasteiger partial charge in [-0.2, -0.15) is 0 Å². The Balaban J connectivity index is 2.65. The number of aromatic nitrogens is 1. The average Bonchev–Trinajstić information content (AvgIpc) is 2.45. The van der Waals surface area contributed by atoms with Crippen LogP contribution in [0.5, 0.6) is 0 Å². The van der Waals surface area contributed by atoms with Gasteiger partial charge in [-0.1, -0.05) is 0 Å². The molecule has 1 heterocycles. The Morgan fingerprint density at radius 3 is 2.87 bits per heavy atom. The first-order valence-electron chi connectivity index (χ1n) is 4.78. The fourth-order valence-electron chi connectivity index (χ4n) is 1.31. The molecule has 15 heavy (non-hydrogen) atoms. The van der Waals surface area contributed by atoms with Crippen LogP contribution in [0.3, 0.4) is 0 Å². The maximum absolute atomic E-state index is 11.7. The second kappa shape index (κ2) is 5.32. The molecule has 1 aromatic heterocycles. The SMILES string of the molecule is CC(CCO)NC(=O)c1cc(Br)cn1C. The maximum atomic E-state index is 11.7. The molecule has 84 valence electrons. The van der Waals surface area contributed by atoms with E-state index in [1.807, 2.05) is 20.2 Å². The third-order valence-corrected chi connectivity index (χ3v) is 2.58. The van der Waals surface area contributed by atoms with E-state index in [1.54, 1.807) is 10.6 Å². The molecule has 2 N–H and O–H groups in total. The van der Waals surface area contributed by atoms with Gasteiger partial charge in [-0.25, -0.2) is 0 Å². The van der Waals surface area contributed by atoms with Gasteiger partial charge in [-0.3, -0.25) is 4.79 Å². The van der Waals surface area contributed by atoms with E-state index in [4.69, 9.17) is 5.11 Å². The molecule has 0 aromatic carbocycles. The summed E-state index contributed by atoms with van der Waals surface area (Å²) in [5, 5.41) is 11.5. The van der Waals surface area contributed by atoms with E-state index in [0.29, 0.717) is 12.1 Å². The Morgan fingerprint density at radius 2 is 2.40 bits per heavy atom. The molecular formula is C10H15BrN2O2. The summed E-state index contributed by atoms with van der Waals surface area (Å²) in [6.45, 7) is 1.95. The van der Waals surface area contributed by atoms with Gasteiger partial charge in [0.2, 0.25) is 0 Å². The minimum Gasteiger partial charge on any atom is -0.396 e. The topological polar surface area (TPSA) is 54.3 Å². The molecule has 1 rings (SSSR count). The zero-order chi connectivity index (χ0) is 11.4. The second-order valence-corrected chi connectivity index (χ2v) is 4.46. The summed E-state index contributed by atoms with van der Waals surface area (Å²) >= 11 is 3.31. The van der Waals surface area contributed by atoms with Crippen molar-refractivity contribution in [2.24, 2.45) is 7.05 Å². The molecule has 0 radical (unpaired) electrons. The Hall–Kier alpha value is -0.810. The third-order valence-electron chi connectivity index (χ3n) is 2.14. The summed E-state index contributed by atoms with van der Waals surface area (Å²) in [6, 6.07) is 1.75. The fraction of sp³-hybridized carbons (Fsp3) is 0.500. The highest BCUT2D eigenvalue weighted by Crippen LogP contribution is 2.13. The molecule has 1 atom stereocenters. The van der Waals surface area contributed by atoms with Gasteiger partial charge in [0.05, 0.1) is 0 Å². The third kappa shape index (κ3) is 3.35. The zero-order valence-electron chi connectivity index (χ0n) is 8.83. The van der Waals surface area contributed by atoms with Crippen molar-refractivity contribution in [3.63, 3.8) is 0 Å². The average molecular weight is 275 g/mol. The lowest BCUT2D eigenvalue weighted by atomic mass is 10.2. The van der Waals surface area contributed by atoms with Crippen molar-refractivity contribution in [1.82, 2.24) is 9.88 Å². The first-order valence-corrected chi connectivity index (χ1v) is 5.57. The number of hydrogen-bond acceptors (Lipinski definition) is 2. The molecule has 5 heteroatoms. The van der Waals surface area contributed by atoms with Crippen LogP contribution >= 0.6 is 15.9 Å². The number of hydrogen-bond donors (Lipinski definition) is 2. The highest BCUT2D eigenvalue weighted by atomic mass is 79.9. The highest BCUT2D eigenvalue weighted by Gasteiger charge is 2.13. The largest absolute Gasteiger partial charge is 0.396 e. The van der Waals surface area contributed by atoms with Crippen LogP contribution < -0.4 is 5.32 Å². The van der Waals surface area contributed by atoms with Crippen molar-refractivity contribution >= 4 is 21.8 Å². The monoisotopic (exact) mass is 274 g/mol. The number of aliphatic hydroxyl groups is 1. The van der Waals surface area contributed by atoms with Crippen molar-refractivity contribution in [3.05, 3.63) is 22.4 Å². The van der Waals surface area contributed by atoms with Crippen LogP contribution in [0.25, 0.3) is 0 Å². The van der Waals surface area contributed by atoms with Crippen LogP contribution in [-0.4, -0.2) is 28.2 Å². The number of aliphatic hydroxyl groups excluding tert-OH is 1. The first kappa shape index (κ1) is 12.3. The van der Waals surface area contributed by atoms with Crippen LogP contribution in [0.15, 0.2) is 16.7 Å². The van der Waals surface area contributed by atoms with Crippen molar-refractivity contribution in [2.75, 3.05) is 6.61 Å². The minimum atomic E-state index is -0.121. The molecule has 1 aromatic rings. The van der Waals surface area contributed by atoms with Crippen LogP contribution in [0.2, 0.25) is 0 Å². The molecule has 0 aliphatic rings. The lowest BCUT2D eigenvalue weighted by Crippen LogP contribution is -2.34. The molecule has 0 saturated heterocycles. The van der Waals surface area contributed by atoms with Crippen molar-refractivity contribution in [2.45, 2.75) is 19.4 Å². The van der Waals surface area contributed by atoms with E-state index in [1.165, 1.54) is 0 Å². The predicted octanol–water partition coefficient (Wildman–Crippen LogP) is 1.29. The maximum Gasteiger partial charge on any atom is 0.268 e. The van der Waals surface area contributed by atoms with Crippen LogP contribution in [0.4, 0.5) is 0 Å². The minimum absolute atomic E-state index is 0.0174. The van der Waals surface area contributed by atoms with Crippen molar-refractivity contribution < 1.29 is 9.90 Å². The lowest BCUT2D eigenvalue weighted by molar-refractivity contribution is 0.0926. The van der Waals surface area contributed by atoms with Crippen molar-refractivity contribution in [3.8, 4) is 0 Å². The Bertz CT molecular complexity index is 349. The number of halogens is 1. The number of aryl methyl sites for hydroxylation is 1. The molecule has 1 unspecified atom stereocenters. The molecule has 0 fully saturated rings. The molecule has 0 spiro atoms. The molecule has 4 nitrogen and oxygen atoms in total. The van der Waals surface area contributed by atoms with E-state index in [-0.39, 0.29) is 18.6 Å². The molecule has 0 saturated carbocycles. The van der Waals surface area contributed by atoms with E-state index >= 15 is 0 Å². The normalized spacial score (nSPS) is 12.5. The molecule has 0 bridgehead atoms. The van der Waals surface area contributed by atoms with Gasteiger partial charge < -0.3 is 15.0 Å². The Morgan fingerprint density at radius 1 is 1.73 bits per heavy atom. The quantitative estimate of drug-likeness (QED) is 0.870. The van der Waals surface area contributed by atoms with Crippen LogP contribution in [0.1, 0.15) is 23.8 Å². The highest BCUT2D eigenvalue weighted by molar-refractivity contribution is 9.10. The number of nitrogens with zero attached hydrogens (tertiary/aromatic N) is 1. The second-order valence-electron chi connectivity index (χ2n) is 3.54. The zero-order valence-corrected chi connectivity index (χ0v) is 10.4. The summed E-state index contributed by atoms with van der Waals surface area (Å²) in [4.78, 5) is 11.7. The molecule has 0 aliphatic carbocycles. The number of rotatable bonds is 4. The Labute approximate surface area is 97.4 Å². The van der Waals surface area contributed by atoms with E-state index in [9.17, 15) is 4.79 Å². The van der Waals surface area contributed by atoms with Gasteiger partial charge in [0.15, 0.2) is 0 Å². The first-order chi connectivity index (χ1) is 7.04. The number of carbonyl (C=O) groups excluding carboxylic acids is 1. The standard InChI is InChI=1S/C10H15BrN2O2/c1-7(3-4-14)12-10(15)9-5-8(11)6-13(9)2/h5-7,14H,3-4H2,1-2H3,(H,12,15). The fourth-order valence-corrected chi connectivity index (χ4v) is 1.84. The number of nitrogens with one attached hydrogen (secondary N) is 1. The van der Waals surface area contributed by atoms with E-state index < -0.39 is 0 Å². The molecule has 1 amide bonds. The van der Waals surface area contributed by atoms with E-state index in [0.717, 1.165) is 4.47 Å². The predicted molar refractivity (Wildman–Crippen MR) is 61.7 cm³/mol. The van der Waals surface area contributed by atoms with Gasteiger partial charge >= 0.3 is 0 Å². The van der Waals surface area contributed by atoms with Gasteiger partial charge in [0.1, 0.15) is 5.69 Å². The van der Waals surface area contributed by atoms with Crippen molar-refractivity contribution in [1.29, 1.82) is 0 Å². The Kier molecular flexibility index (Phi) is 4.35. The summed E-state index contributed by atoms with van der Waals surface area (Å²) in [5.74, 6) is -0.121. The summed E-state index contributed by atoms with van der Waals surface area (Å²) < 4.78 is 2.63. The smallest absolute Gasteiger partial charge is 0.268 e.